The molecule has 0 radical (unpaired) electrons. The third-order valence-corrected chi connectivity index (χ3v) is 4.71. The van der Waals surface area contributed by atoms with E-state index in [9.17, 15) is 0 Å². The number of methoxy groups -OCH3 is 1. The molecule has 2 nitrogen and oxygen atoms in total. The lowest BCUT2D eigenvalue weighted by atomic mass is 10.1. The maximum Gasteiger partial charge on any atom is 0.0719 e. The van der Waals surface area contributed by atoms with Gasteiger partial charge in [0, 0.05) is 22.9 Å². The summed E-state index contributed by atoms with van der Waals surface area (Å²) in [6, 6.07) is 13.4. The van der Waals surface area contributed by atoms with Crippen LogP contribution in [0.3, 0.4) is 0 Å². The molecular weight excluding hydrogens is 266 g/mol. The smallest absolute Gasteiger partial charge is 0.0719 e. The molecule has 2 aromatic rings. The molecule has 108 valence electrons. The van der Waals surface area contributed by atoms with Crippen LogP contribution in [0.5, 0.6) is 0 Å². The molecule has 0 amide bonds. The van der Waals surface area contributed by atoms with E-state index in [1.165, 1.54) is 33.7 Å². The first kappa shape index (κ1) is 15.2. The minimum atomic E-state index is 0.466. The van der Waals surface area contributed by atoms with E-state index in [0.717, 1.165) is 0 Å². The van der Waals surface area contributed by atoms with Crippen LogP contribution in [-0.2, 0) is 11.3 Å². The molecule has 1 atom stereocenters. The van der Waals surface area contributed by atoms with E-state index >= 15 is 0 Å². The summed E-state index contributed by atoms with van der Waals surface area (Å²) >= 11 is 1.88. The summed E-state index contributed by atoms with van der Waals surface area (Å²) in [6.07, 6.45) is 2.37. The number of benzene rings is 1. The molecule has 0 bridgehead atoms. The first-order valence-electron chi connectivity index (χ1n) is 7.14. The molecule has 0 saturated carbocycles. The third-order valence-electron chi connectivity index (χ3n) is 3.48. The van der Waals surface area contributed by atoms with E-state index in [0.29, 0.717) is 12.6 Å². The zero-order valence-corrected chi connectivity index (χ0v) is 13.3. The molecule has 0 saturated heterocycles. The highest BCUT2D eigenvalue weighted by atomic mass is 32.1. The van der Waals surface area contributed by atoms with Crippen LogP contribution in [0.2, 0.25) is 0 Å². The van der Waals surface area contributed by atoms with Crippen molar-refractivity contribution in [2.45, 2.75) is 32.4 Å². The molecule has 1 heterocycles. The van der Waals surface area contributed by atoms with Crippen molar-refractivity contribution < 1.29 is 4.74 Å². The highest BCUT2D eigenvalue weighted by Gasteiger charge is 2.13. The third kappa shape index (κ3) is 3.48. The monoisotopic (exact) mass is 289 g/mol. The van der Waals surface area contributed by atoms with Crippen LogP contribution >= 0.6 is 11.3 Å². The summed E-state index contributed by atoms with van der Waals surface area (Å²) in [6.45, 7) is 2.89. The number of ether oxygens (including phenoxy) is 1. The van der Waals surface area contributed by atoms with E-state index in [4.69, 9.17) is 4.74 Å². The van der Waals surface area contributed by atoms with E-state index in [-0.39, 0.29) is 0 Å². The van der Waals surface area contributed by atoms with Gasteiger partial charge in [-0.3, -0.25) is 0 Å². The second-order valence-corrected chi connectivity index (χ2v) is 6.04. The number of thiophene rings is 1. The average molecular weight is 289 g/mol. The van der Waals surface area contributed by atoms with Crippen molar-refractivity contribution in [1.29, 1.82) is 0 Å². The van der Waals surface area contributed by atoms with E-state index in [2.05, 4.69) is 48.6 Å². The van der Waals surface area contributed by atoms with Crippen LogP contribution in [0.4, 0.5) is 0 Å². The van der Waals surface area contributed by atoms with Crippen molar-refractivity contribution in [3.05, 3.63) is 46.8 Å². The molecule has 1 N–H and O–H groups in total. The Morgan fingerprint density at radius 2 is 2.00 bits per heavy atom. The first-order chi connectivity index (χ1) is 9.80. The Balaban J connectivity index is 2.28. The Morgan fingerprint density at radius 3 is 2.70 bits per heavy atom. The number of rotatable bonds is 7. The lowest BCUT2D eigenvalue weighted by molar-refractivity contribution is 0.185. The molecule has 0 aliphatic rings. The highest BCUT2D eigenvalue weighted by Crippen LogP contribution is 2.34. The van der Waals surface area contributed by atoms with Gasteiger partial charge in [-0.15, -0.1) is 11.3 Å². The Labute approximate surface area is 125 Å². The molecule has 0 fully saturated rings. The van der Waals surface area contributed by atoms with Crippen molar-refractivity contribution in [1.82, 2.24) is 5.32 Å². The largest absolute Gasteiger partial charge is 0.380 e. The van der Waals surface area contributed by atoms with Gasteiger partial charge in [0.25, 0.3) is 0 Å². The summed E-state index contributed by atoms with van der Waals surface area (Å²) in [5.41, 5.74) is 2.54. The fourth-order valence-corrected chi connectivity index (χ4v) is 3.66. The van der Waals surface area contributed by atoms with Crippen LogP contribution in [-0.4, -0.2) is 14.2 Å². The maximum atomic E-state index is 5.30. The molecule has 1 unspecified atom stereocenters. The summed E-state index contributed by atoms with van der Waals surface area (Å²) in [7, 11) is 3.79. The lowest BCUT2D eigenvalue weighted by Crippen LogP contribution is -2.14. The molecule has 2 rings (SSSR count). The van der Waals surface area contributed by atoms with Crippen molar-refractivity contribution in [3.63, 3.8) is 0 Å². The second-order valence-electron chi connectivity index (χ2n) is 4.92. The van der Waals surface area contributed by atoms with Gasteiger partial charge in [-0.05, 0) is 36.7 Å². The molecular formula is C17H23NOS. The minimum Gasteiger partial charge on any atom is -0.380 e. The fraction of sp³-hybridized carbons (Fsp3) is 0.412. The Bertz CT molecular complexity index is 535. The Kier molecular flexibility index (Phi) is 5.77. The quantitative estimate of drug-likeness (QED) is 0.803. The van der Waals surface area contributed by atoms with Crippen LogP contribution in [0.15, 0.2) is 36.4 Å². The zero-order valence-electron chi connectivity index (χ0n) is 12.5. The van der Waals surface area contributed by atoms with Crippen LogP contribution in [0.1, 0.15) is 36.2 Å². The summed E-state index contributed by atoms with van der Waals surface area (Å²) in [5.74, 6) is 0. The van der Waals surface area contributed by atoms with Gasteiger partial charge in [0.15, 0.2) is 0 Å². The van der Waals surface area contributed by atoms with Crippen LogP contribution < -0.4 is 5.32 Å². The van der Waals surface area contributed by atoms with Crippen LogP contribution in [0.25, 0.3) is 10.4 Å². The van der Waals surface area contributed by atoms with Gasteiger partial charge < -0.3 is 10.1 Å². The predicted octanol–water partition coefficient (Wildman–Crippen LogP) is 4.62. The van der Waals surface area contributed by atoms with Crippen LogP contribution in [0, 0.1) is 0 Å². The van der Waals surface area contributed by atoms with Gasteiger partial charge >= 0.3 is 0 Å². The summed E-state index contributed by atoms with van der Waals surface area (Å²) in [4.78, 5) is 2.74. The summed E-state index contributed by atoms with van der Waals surface area (Å²) in [5, 5.41) is 3.41. The number of hydrogen-bond donors (Lipinski definition) is 1. The fourth-order valence-electron chi connectivity index (χ4n) is 2.44. The average Bonchev–Trinajstić information content (AvgIpc) is 2.95. The maximum absolute atomic E-state index is 5.30. The number of nitrogens with one attached hydrogen (secondary N) is 1. The SMILES string of the molecule is CCCC(NC)c1ccc(-c2ccccc2COC)s1. The van der Waals surface area contributed by atoms with E-state index < -0.39 is 0 Å². The van der Waals surface area contributed by atoms with E-state index in [1.807, 2.05) is 18.4 Å². The molecule has 0 aliphatic carbocycles. The van der Waals surface area contributed by atoms with Gasteiger partial charge in [0.1, 0.15) is 0 Å². The first-order valence-corrected chi connectivity index (χ1v) is 7.96. The van der Waals surface area contributed by atoms with Gasteiger partial charge in [0.2, 0.25) is 0 Å². The number of hydrogen-bond acceptors (Lipinski definition) is 3. The molecule has 0 spiro atoms. The van der Waals surface area contributed by atoms with Gasteiger partial charge in [0.05, 0.1) is 6.61 Å². The standard InChI is InChI=1S/C17H23NOS/c1-4-7-15(18-2)17-11-10-16(20-17)14-9-6-5-8-13(14)12-19-3/h5-6,8-11,15,18H,4,7,12H2,1-3H3. The normalized spacial score (nSPS) is 12.6. The minimum absolute atomic E-state index is 0.466. The van der Waals surface area contributed by atoms with Gasteiger partial charge in [-0.25, -0.2) is 0 Å². The van der Waals surface area contributed by atoms with Crippen molar-refractivity contribution in [3.8, 4) is 10.4 Å². The Hall–Kier alpha value is -1.16. The Morgan fingerprint density at radius 1 is 1.20 bits per heavy atom. The summed E-state index contributed by atoms with van der Waals surface area (Å²) < 4.78 is 5.30. The molecule has 20 heavy (non-hydrogen) atoms. The van der Waals surface area contributed by atoms with Crippen molar-refractivity contribution in [2.24, 2.45) is 0 Å². The zero-order chi connectivity index (χ0) is 14.4. The van der Waals surface area contributed by atoms with Crippen molar-refractivity contribution in [2.75, 3.05) is 14.2 Å². The lowest BCUT2D eigenvalue weighted by Gasteiger charge is -2.12. The topological polar surface area (TPSA) is 21.3 Å². The molecule has 1 aromatic heterocycles. The predicted molar refractivity (Wildman–Crippen MR) is 87.2 cm³/mol. The molecule has 0 aliphatic heterocycles. The van der Waals surface area contributed by atoms with Gasteiger partial charge in [-0.2, -0.15) is 0 Å². The van der Waals surface area contributed by atoms with E-state index in [1.54, 1.807) is 7.11 Å². The highest BCUT2D eigenvalue weighted by molar-refractivity contribution is 7.15. The molecule has 1 aromatic carbocycles. The van der Waals surface area contributed by atoms with Gasteiger partial charge in [-0.1, -0.05) is 37.6 Å². The van der Waals surface area contributed by atoms with Crippen molar-refractivity contribution >= 4 is 11.3 Å². The second kappa shape index (κ2) is 7.58. The molecule has 3 heteroatoms.